The highest BCUT2D eigenvalue weighted by atomic mass is 16.5. The summed E-state index contributed by atoms with van der Waals surface area (Å²) in [5.41, 5.74) is 3.51. The molecule has 2 aromatic carbocycles. The minimum Gasteiger partial charge on any atom is -0.493 e. The molecule has 146 valence electrons. The van der Waals surface area contributed by atoms with E-state index in [0.717, 1.165) is 49.6 Å². The van der Waals surface area contributed by atoms with Gasteiger partial charge < -0.3 is 14.8 Å². The van der Waals surface area contributed by atoms with Gasteiger partial charge in [-0.15, -0.1) is 0 Å². The minimum absolute atomic E-state index is 0.132. The lowest BCUT2D eigenvalue weighted by atomic mass is 9.93. The standard InChI is InChI=1S/C23H27N3O2/c1-27-21-9-8-17(16-22(21)28-2)23(26-14-5-11-24-13-15-26)19-10-12-25-20-7-4-3-6-18(19)20/h3-4,6-10,12,16,23-24H,5,11,13-15H2,1-2H3. The molecule has 0 radical (unpaired) electrons. The predicted molar refractivity (Wildman–Crippen MR) is 112 cm³/mol. The Hall–Kier alpha value is -2.63. The van der Waals surface area contributed by atoms with E-state index in [2.05, 4.69) is 51.6 Å². The number of methoxy groups -OCH3 is 2. The summed E-state index contributed by atoms with van der Waals surface area (Å²) in [5.74, 6) is 1.51. The van der Waals surface area contributed by atoms with Crippen molar-refractivity contribution >= 4 is 10.9 Å². The summed E-state index contributed by atoms with van der Waals surface area (Å²) < 4.78 is 11.0. The van der Waals surface area contributed by atoms with Crippen molar-refractivity contribution in [2.24, 2.45) is 0 Å². The van der Waals surface area contributed by atoms with Crippen LogP contribution in [0.1, 0.15) is 23.6 Å². The molecule has 3 aromatic rings. The van der Waals surface area contributed by atoms with Gasteiger partial charge in [-0.2, -0.15) is 0 Å². The molecule has 0 bridgehead atoms. The zero-order valence-electron chi connectivity index (χ0n) is 16.5. The fraction of sp³-hybridized carbons (Fsp3) is 0.348. The van der Waals surface area contributed by atoms with Crippen LogP contribution in [-0.2, 0) is 0 Å². The summed E-state index contributed by atoms with van der Waals surface area (Å²) in [6.07, 6.45) is 3.05. The predicted octanol–water partition coefficient (Wildman–Crippen LogP) is 3.64. The van der Waals surface area contributed by atoms with Crippen LogP contribution in [0.3, 0.4) is 0 Å². The zero-order chi connectivity index (χ0) is 19.3. The summed E-state index contributed by atoms with van der Waals surface area (Å²) in [6, 6.07) is 16.9. The van der Waals surface area contributed by atoms with Gasteiger partial charge in [0.25, 0.3) is 0 Å². The molecule has 2 heterocycles. The number of hydrogen-bond donors (Lipinski definition) is 1. The Morgan fingerprint density at radius 3 is 2.68 bits per heavy atom. The van der Waals surface area contributed by atoms with Gasteiger partial charge >= 0.3 is 0 Å². The van der Waals surface area contributed by atoms with Crippen molar-refractivity contribution < 1.29 is 9.47 Å². The van der Waals surface area contributed by atoms with Crippen LogP contribution in [0.25, 0.3) is 10.9 Å². The molecule has 1 saturated heterocycles. The molecule has 1 aromatic heterocycles. The van der Waals surface area contributed by atoms with Crippen LogP contribution in [0.4, 0.5) is 0 Å². The highest BCUT2D eigenvalue weighted by Crippen LogP contribution is 2.37. The smallest absolute Gasteiger partial charge is 0.161 e. The molecule has 28 heavy (non-hydrogen) atoms. The molecule has 0 saturated carbocycles. The third kappa shape index (κ3) is 3.68. The molecule has 1 unspecified atom stereocenters. The Bertz CT molecular complexity index is 931. The van der Waals surface area contributed by atoms with E-state index in [-0.39, 0.29) is 6.04 Å². The van der Waals surface area contributed by atoms with Gasteiger partial charge in [0.1, 0.15) is 0 Å². The Kier molecular flexibility index (Phi) is 5.74. The fourth-order valence-electron chi connectivity index (χ4n) is 4.09. The van der Waals surface area contributed by atoms with Gasteiger partial charge in [0.15, 0.2) is 11.5 Å². The average Bonchev–Trinajstić information content (AvgIpc) is 3.03. The van der Waals surface area contributed by atoms with Crippen LogP contribution in [0.15, 0.2) is 54.7 Å². The van der Waals surface area contributed by atoms with Crippen LogP contribution >= 0.6 is 0 Å². The first-order valence-electron chi connectivity index (χ1n) is 9.82. The van der Waals surface area contributed by atoms with E-state index in [9.17, 15) is 0 Å². The van der Waals surface area contributed by atoms with Gasteiger partial charge in [-0.05, 0) is 48.4 Å². The molecule has 4 rings (SSSR count). The van der Waals surface area contributed by atoms with Crippen molar-refractivity contribution in [3.8, 4) is 11.5 Å². The first-order chi connectivity index (χ1) is 13.8. The van der Waals surface area contributed by atoms with E-state index in [4.69, 9.17) is 9.47 Å². The Morgan fingerprint density at radius 2 is 1.82 bits per heavy atom. The molecule has 1 aliphatic rings. The summed E-state index contributed by atoms with van der Waals surface area (Å²) in [5, 5.41) is 4.71. The van der Waals surface area contributed by atoms with Crippen molar-refractivity contribution in [1.29, 1.82) is 0 Å². The lowest BCUT2D eigenvalue weighted by molar-refractivity contribution is 0.241. The van der Waals surface area contributed by atoms with Crippen molar-refractivity contribution in [3.63, 3.8) is 0 Å². The summed E-state index contributed by atoms with van der Waals surface area (Å²) in [4.78, 5) is 7.13. The maximum absolute atomic E-state index is 5.59. The first-order valence-corrected chi connectivity index (χ1v) is 9.82. The summed E-state index contributed by atoms with van der Waals surface area (Å²) in [6.45, 7) is 4.09. The number of ether oxygens (including phenoxy) is 2. The van der Waals surface area contributed by atoms with E-state index in [1.165, 1.54) is 16.5 Å². The van der Waals surface area contributed by atoms with Crippen LogP contribution in [0, 0.1) is 0 Å². The van der Waals surface area contributed by atoms with Crippen LogP contribution in [0.5, 0.6) is 11.5 Å². The second-order valence-corrected chi connectivity index (χ2v) is 7.07. The number of aromatic nitrogens is 1. The Morgan fingerprint density at radius 1 is 0.964 bits per heavy atom. The van der Waals surface area contributed by atoms with Gasteiger partial charge in [-0.25, -0.2) is 0 Å². The average molecular weight is 377 g/mol. The van der Waals surface area contributed by atoms with Crippen molar-refractivity contribution in [3.05, 3.63) is 65.9 Å². The number of hydrogen-bond acceptors (Lipinski definition) is 5. The SMILES string of the molecule is COc1ccc(C(c2ccnc3ccccc23)N2CCCNCC2)cc1OC. The van der Waals surface area contributed by atoms with Crippen LogP contribution < -0.4 is 14.8 Å². The number of pyridine rings is 1. The van der Waals surface area contributed by atoms with E-state index in [1.807, 2.05) is 18.3 Å². The highest BCUT2D eigenvalue weighted by molar-refractivity contribution is 5.82. The molecule has 5 nitrogen and oxygen atoms in total. The normalized spacial score (nSPS) is 16.5. The number of nitrogens with zero attached hydrogens (tertiary/aromatic N) is 2. The number of fused-ring (bicyclic) bond motifs is 1. The Balaban J connectivity index is 1.87. The van der Waals surface area contributed by atoms with Crippen molar-refractivity contribution in [2.45, 2.75) is 12.5 Å². The number of para-hydroxylation sites is 1. The second kappa shape index (κ2) is 8.59. The van der Waals surface area contributed by atoms with E-state index < -0.39 is 0 Å². The van der Waals surface area contributed by atoms with E-state index >= 15 is 0 Å². The monoisotopic (exact) mass is 377 g/mol. The number of nitrogens with one attached hydrogen (secondary N) is 1. The van der Waals surface area contributed by atoms with Gasteiger partial charge in [0.05, 0.1) is 25.8 Å². The molecule has 1 fully saturated rings. The minimum atomic E-state index is 0.132. The molecule has 1 atom stereocenters. The van der Waals surface area contributed by atoms with Crippen molar-refractivity contribution in [2.75, 3.05) is 40.4 Å². The molecule has 1 aliphatic heterocycles. The summed E-state index contributed by atoms with van der Waals surface area (Å²) >= 11 is 0. The largest absolute Gasteiger partial charge is 0.493 e. The highest BCUT2D eigenvalue weighted by Gasteiger charge is 2.26. The lowest BCUT2D eigenvalue weighted by Crippen LogP contribution is -2.33. The van der Waals surface area contributed by atoms with Crippen LogP contribution in [0.2, 0.25) is 0 Å². The molecule has 5 heteroatoms. The topological polar surface area (TPSA) is 46.6 Å². The van der Waals surface area contributed by atoms with Gasteiger partial charge in [-0.1, -0.05) is 24.3 Å². The number of benzene rings is 2. The lowest BCUT2D eigenvalue weighted by Gasteiger charge is -2.32. The molecule has 1 N–H and O–H groups in total. The zero-order valence-corrected chi connectivity index (χ0v) is 16.5. The second-order valence-electron chi connectivity index (χ2n) is 7.07. The summed E-state index contributed by atoms with van der Waals surface area (Å²) in [7, 11) is 3.36. The molecule has 0 amide bonds. The molecule has 0 aliphatic carbocycles. The van der Waals surface area contributed by atoms with Gasteiger partial charge in [0.2, 0.25) is 0 Å². The van der Waals surface area contributed by atoms with Gasteiger partial charge in [0, 0.05) is 31.2 Å². The molecular formula is C23H27N3O2. The number of rotatable bonds is 5. The Labute approximate surface area is 166 Å². The maximum atomic E-state index is 5.59. The third-order valence-electron chi connectivity index (χ3n) is 5.44. The first kappa shape index (κ1) is 18.7. The van der Waals surface area contributed by atoms with Gasteiger partial charge in [-0.3, -0.25) is 9.88 Å². The molecule has 0 spiro atoms. The quantitative estimate of drug-likeness (QED) is 0.736. The third-order valence-corrected chi connectivity index (χ3v) is 5.44. The molecular weight excluding hydrogens is 350 g/mol. The van der Waals surface area contributed by atoms with E-state index in [0.29, 0.717) is 0 Å². The van der Waals surface area contributed by atoms with E-state index in [1.54, 1.807) is 14.2 Å². The van der Waals surface area contributed by atoms with Crippen molar-refractivity contribution in [1.82, 2.24) is 15.2 Å². The fourth-order valence-corrected chi connectivity index (χ4v) is 4.09. The maximum Gasteiger partial charge on any atom is 0.161 e. The van der Waals surface area contributed by atoms with Crippen LogP contribution in [-0.4, -0.2) is 50.3 Å².